The zero-order valence-corrected chi connectivity index (χ0v) is 15.7. The van der Waals surface area contributed by atoms with E-state index >= 15 is 0 Å². The van der Waals surface area contributed by atoms with Crippen LogP contribution in [0.15, 0.2) is 70.7 Å². The van der Waals surface area contributed by atoms with Crippen molar-refractivity contribution in [3.63, 3.8) is 0 Å². The third kappa shape index (κ3) is 3.83. The maximum atomic E-state index is 10.8. The molecule has 0 aliphatic carbocycles. The molecule has 4 rings (SSSR count). The van der Waals surface area contributed by atoms with Crippen LogP contribution in [0.5, 0.6) is 0 Å². The molecule has 1 aliphatic heterocycles. The third-order valence-electron chi connectivity index (χ3n) is 4.62. The van der Waals surface area contributed by atoms with Crippen LogP contribution >= 0.6 is 11.8 Å². The summed E-state index contributed by atoms with van der Waals surface area (Å²) >= 11 is 1.76. The van der Waals surface area contributed by atoms with Crippen LogP contribution in [0.1, 0.15) is 24.8 Å². The number of hydrogen-bond donors (Lipinski definition) is 1. The highest BCUT2D eigenvalue weighted by Gasteiger charge is 2.24. The van der Waals surface area contributed by atoms with Crippen LogP contribution in [0, 0.1) is 0 Å². The van der Waals surface area contributed by atoms with Crippen molar-refractivity contribution in [1.82, 2.24) is 4.98 Å². The zero-order chi connectivity index (χ0) is 18.6. The lowest BCUT2D eigenvalue weighted by molar-refractivity contribution is -0.137. The summed E-state index contributed by atoms with van der Waals surface area (Å²) in [4.78, 5) is 18.8. The monoisotopic (exact) mass is 376 g/mol. The Kier molecular flexibility index (Phi) is 5.12. The first-order chi connectivity index (χ1) is 13.2. The molecule has 1 aromatic heterocycles. The van der Waals surface area contributed by atoms with Crippen molar-refractivity contribution in [2.24, 2.45) is 0 Å². The van der Waals surface area contributed by atoms with Gasteiger partial charge in [0.15, 0.2) is 0 Å². The number of fused-ring (bicyclic) bond motifs is 2. The minimum atomic E-state index is -0.731. The van der Waals surface area contributed by atoms with Crippen LogP contribution < -0.4 is 4.90 Å². The van der Waals surface area contributed by atoms with Gasteiger partial charge in [-0.3, -0.25) is 9.78 Å². The van der Waals surface area contributed by atoms with Crippen LogP contribution in [-0.4, -0.2) is 22.6 Å². The normalized spacial score (nSPS) is 14.7. The molecule has 0 radical (unpaired) electrons. The Labute approximate surface area is 162 Å². The standard InChI is InChI=1S/C22H20N2O2S/c25-22(26)11-5-6-14-24-19-9-3-4-10-20(19)27-21(24)15-16-12-13-23-18-8-2-1-7-17(16)18/h1-4,7-10,12-13,15H,5-6,11,14H2,(H,25,26). The van der Waals surface area contributed by atoms with E-state index in [1.165, 1.54) is 15.6 Å². The first kappa shape index (κ1) is 17.6. The molecule has 3 aromatic rings. The lowest BCUT2D eigenvalue weighted by atomic mass is 10.1. The van der Waals surface area contributed by atoms with Crippen molar-refractivity contribution in [3.05, 3.63) is 71.4 Å². The van der Waals surface area contributed by atoms with Gasteiger partial charge in [0, 0.05) is 29.4 Å². The Balaban J connectivity index is 1.65. The van der Waals surface area contributed by atoms with Crippen molar-refractivity contribution in [3.8, 4) is 0 Å². The van der Waals surface area contributed by atoms with E-state index in [1.807, 2.05) is 30.5 Å². The lowest BCUT2D eigenvalue weighted by Gasteiger charge is -2.20. The lowest BCUT2D eigenvalue weighted by Crippen LogP contribution is -2.19. The molecule has 4 nitrogen and oxygen atoms in total. The van der Waals surface area contributed by atoms with E-state index in [4.69, 9.17) is 5.11 Å². The molecule has 1 N–H and O–H groups in total. The van der Waals surface area contributed by atoms with E-state index in [9.17, 15) is 4.79 Å². The average molecular weight is 376 g/mol. The van der Waals surface area contributed by atoms with Gasteiger partial charge in [-0.25, -0.2) is 0 Å². The third-order valence-corrected chi connectivity index (χ3v) is 5.73. The number of rotatable bonds is 6. The summed E-state index contributed by atoms with van der Waals surface area (Å²) in [6, 6.07) is 18.6. The Morgan fingerprint density at radius 3 is 2.78 bits per heavy atom. The SMILES string of the molecule is O=C(O)CCCCN1C(=Cc2ccnc3ccccc23)Sc2ccccc21. The summed E-state index contributed by atoms with van der Waals surface area (Å²) in [5.74, 6) is -0.731. The number of thioether (sulfide) groups is 1. The topological polar surface area (TPSA) is 53.4 Å². The summed E-state index contributed by atoms with van der Waals surface area (Å²) in [5, 5.41) is 11.2. The average Bonchev–Trinajstić information content (AvgIpc) is 3.02. The number of anilines is 1. The maximum Gasteiger partial charge on any atom is 0.303 e. The van der Waals surface area contributed by atoms with Gasteiger partial charge in [-0.05, 0) is 48.7 Å². The smallest absolute Gasteiger partial charge is 0.303 e. The van der Waals surface area contributed by atoms with Gasteiger partial charge in [0.05, 0.1) is 16.2 Å². The fraction of sp³-hybridized carbons (Fsp3) is 0.182. The summed E-state index contributed by atoms with van der Waals surface area (Å²) < 4.78 is 0. The van der Waals surface area contributed by atoms with Crippen molar-refractivity contribution in [2.75, 3.05) is 11.4 Å². The van der Waals surface area contributed by atoms with Crippen LogP contribution in [0.25, 0.3) is 17.0 Å². The number of unbranched alkanes of at least 4 members (excludes halogenated alkanes) is 1. The first-order valence-corrected chi connectivity index (χ1v) is 9.86. The fourth-order valence-electron chi connectivity index (χ4n) is 3.31. The molecule has 2 aromatic carbocycles. The summed E-state index contributed by atoms with van der Waals surface area (Å²) in [5.41, 5.74) is 3.33. The molecule has 27 heavy (non-hydrogen) atoms. The van der Waals surface area contributed by atoms with Gasteiger partial charge < -0.3 is 10.0 Å². The molecule has 1 aliphatic rings. The number of nitrogens with zero attached hydrogens (tertiary/aromatic N) is 2. The molecule has 0 saturated heterocycles. The van der Waals surface area contributed by atoms with Crippen LogP contribution in [-0.2, 0) is 4.79 Å². The molecule has 5 heteroatoms. The number of carboxylic acid groups (broad SMARTS) is 1. The highest BCUT2D eigenvalue weighted by Crippen LogP contribution is 2.46. The highest BCUT2D eigenvalue weighted by atomic mass is 32.2. The van der Waals surface area contributed by atoms with Crippen molar-refractivity contribution >= 4 is 40.4 Å². The number of hydrogen-bond acceptors (Lipinski definition) is 4. The van der Waals surface area contributed by atoms with Gasteiger partial charge in [-0.15, -0.1) is 0 Å². The van der Waals surface area contributed by atoms with Gasteiger partial charge in [0.2, 0.25) is 0 Å². The molecule has 0 bridgehead atoms. The van der Waals surface area contributed by atoms with E-state index in [0.717, 1.165) is 29.4 Å². The van der Waals surface area contributed by atoms with E-state index < -0.39 is 5.97 Å². The van der Waals surface area contributed by atoms with E-state index in [-0.39, 0.29) is 6.42 Å². The van der Waals surface area contributed by atoms with Crippen molar-refractivity contribution in [2.45, 2.75) is 24.2 Å². The van der Waals surface area contributed by atoms with Crippen molar-refractivity contribution in [1.29, 1.82) is 0 Å². The number of carbonyl (C=O) groups is 1. The number of benzene rings is 2. The predicted octanol–water partition coefficient (Wildman–Crippen LogP) is 5.40. The minimum absolute atomic E-state index is 0.219. The number of carboxylic acids is 1. The molecule has 0 amide bonds. The second-order valence-electron chi connectivity index (χ2n) is 6.47. The Morgan fingerprint density at radius 2 is 1.89 bits per heavy atom. The Bertz CT molecular complexity index is 1010. The molecular weight excluding hydrogens is 356 g/mol. The maximum absolute atomic E-state index is 10.8. The second kappa shape index (κ2) is 7.84. The molecule has 0 unspecified atom stereocenters. The predicted molar refractivity (Wildman–Crippen MR) is 111 cm³/mol. The Hall–Kier alpha value is -2.79. The van der Waals surface area contributed by atoms with Gasteiger partial charge in [-0.1, -0.05) is 42.1 Å². The Morgan fingerprint density at radius 1 is 1.07 bits per heavy atom. The van der Waals surface area contributed by atoms with E-state index in [0.29, 0.717) is 6.42 Å². The number of para-hydroxylation sites is 2. The molecule has 136 valence electrons. The first-order valence-electron chi connectivity index (χ1n) is 9.04. The molecule has 0 atom stereocenters. The largest absolute Gasteiger partial charge is 0.481 e. The fourth-order valence-corrected chi connectivity index (χ4v) is 4.45. The zero-order valence-electron chi connectivity index (χ0n) is 14.8. The van der Waals surface area contributed by atoms with Crippen LogP contribution in [0.3, 0.4) is 0 Å². The van der Waals surface area contributed by atoms with Gasteiger partial charge in [0.1, 0.15) is 0 Å². The molecular formula is C22H20N2O2S. The number of pyridine rings is 1. The molecule has 2 heterocycles. The molecule has 0 fully saturated rings. The molecule has 0 saturated carbocycles. The summed E-state index contributed by atoms with van der Waals surface area (Å²) in [7, 11) is 0. The van der Waals surface area contributed by atoms with E-state index in [1.54, 1.807) is 11.8 Å². The minimum Gasteiger partial charge on any atom is -0.481 e. The van der Waals surface area contributed by atoms with Crippen molar-refractivity contribution < 1.29 is 9.90 Å². The summed E-state index contributed by atoms with van der Waals surface area (Å²) in [6.45, 7) is 0.812. The number of aromatic nitrogens is 1. The quantitative estimate of drug-likeness (QED) is 0.584. The van der Waals surface area contributed by atoms with Gasteiger partial charge in [0.25, 0.3) is 0 Å². The highest BCUT2D eigenvalue weighted by molar-refractivity contribution is 8.03. The molecule has 0 spiro atoms. The van der Waals surface area contributed by atoms with Crippen LogP contribution in [0.4, 0.5) is 5.69 Å². The van der Waals surface area contributed by atoms with Gasteiger partial charge >= 0.3 is 5.97 Å². The van der Waals surface area contributed by atoms with E-state index in [2.05, 4.69) is 46.3 Å². The number of aliphatic carboxylic acids is 1. The van der Waals surface area contributed by atoms with Gasteiger partial charge in [-0.2, -0.15) is 0 Å². The van der Waals surface area contributed by atoms with Crippen LogP contribution in [0.2, 0.25) is 0 Å². The summed E-state index contributed by atoms with van der Waals surface area (Å²) in [6.07, 6.45) is 5.81. The second-order valence-corrected chi connectivity index (χ2v) is 7.53.